The van der Waals surface area contributed by atoms with Gasteiger partial charge in [-0.3, -0.25) is 14.5 Å². The second-order valence-corrected chi connectivity index (χ2v) is 7.11. The van der Waals surface area contributed by atoms with Crippen LogP contribution in [0.15, 0.2) is 47.6 Å². The molecule has 4 rings (SSSR count). The monoisotopic (exact) mass is 365 g/mol. The van der Waals surface area contributed by atoms with Crippen LogP contribution in [-0.4, -0.2) is 39.2 Å². The fraction of sp³-hybridized carbons (Fsp3) is 0.250. The highest BCUT2D eigenvalue weighted by Gasteiger charge is 2.24. The Balaban J connectivity index is 1.97. The van der Waals surface area contributed by atoms with Crippen molar-refractivity contribution in [1.82, 2.24) is 19.4 Å². The van der Waals surface area contributed by atoms with Crippen LogP contribution in [0.3, 0.4) is 0 Å². The average Bonchev–Trinajstić information content (AvgIpc) is 2.82. The SMILES string of the molecule is Cc1nc2n(c1CN(C)C)-c1ccc(Cl)cc1C(c1ccccn1)=NC2. The van der Waals surface area contributed by atoms with Crippen LogP contribution in [0.25, 0.3) is 5.69 Å². The molecule has 26 heavy (non-hydrogen) atoms. The first kappa shape index (κ1) is 16.9. The Morgan fingerprint density at radius 2 is 2.04 bits per heavy atom. The third-order valence-corrected chi connectivity index (χ3v) is 4.68. The smallest absolute Gasteiger partial charge is 0.135 e. The van der Waals surface area contributed by atoms with Crippen molar-refractivity contribution < 1.29 is 0 Å². The lowest BCUT2D eigenvalue weighted by molar-refractivity contribution is 0.392. The molecule has 0 atom stereocenters. The van der Waals surface area contributed by atoms with E-state index >= 15 is 0 Å². The molecular formula is C20H20ClN5. The molecule has 0 bridgehead atoms. The molecule has 132 valence electrons. The number of benzene rings is 1. The Labute approximate surface area is 158 Å². The summed E-state index contributed by atoms with van der Waals surface area (Å²) < 4.78 is 2.22. The molecule has 0 saturated carbocycles. The van der Waals surface area contributed by atoms with Crippen LogP contribution < -0.4 is 0 Å². The lowest BCUT2D eigenvalue weighted by Crippen LogP contribution is -2.16. The van der Waals surface area contributed by atoms with E-state index in [1.807, 2.05) is 36.4 Å². The minimum atomic E-state index is 0.506. The van der Waals surface area contributed by atoms with Crippen molar-refractivity contribution in [2.24, 2.45) is 4.99 Å². The summed E-state index contributed by atoms with van der Waals surface area (Å²) in [5.74, 6) is 0.939. The van der Waals surface area contributed by atoms with Gasteiger partial charge in [-0.25, -0.2) is 4.98 Å². The number of aromatic nitrogens is 3. The number of aliphatic imine (C=N–C) groups is 1. The Morgan fingerprint density at radius 3 is 2.77 bits per heavy atom. The minimum Gasteiger partial charge on any atom is -0.304 e. The van der Waals surface area contributed by atoms with Gasteiger partial charge in [0.15, 0.2) is 0 Å². The van der Waals surface area contributed by atoms with Crippen LogP contribution in [0.2, 0.25) is 5.02 Å². The van der Waals surface area contributed by atoms with Gasteiger partial charge in [-0.15, -0.1) is 0 Å². The molecule has 1 aliphatic rings. The molecule has 0 fully saturated rings. The van der Waals surface area contributed by atoms with E-state index in [2.05, 4.69) is 35.5 Å². The number of imidazole rings is 1. The summed E-state index contributed by atoms with van der Waals surface area (Å²) in [7, 11) is 4.13. The molecule has 0 aliphatic carbocycles. The van der Waals surface area contributed by atoms with E-state index in [1.54, 1.807) is 6.20 Å². The van der Waals surface area contributed by atoms with Gasteiger partial charge in [-0.2, -0.15) is 0 Å². The molecule has 1 aromatic carbocycles. The summed E-state index contributed by atoms with van der Waals surface area (Å²) in [6, 6.07) is 11.8. The number of hydrogen-bond acceptors (Lipinski definition) is 4. The predicted molar refractivity (Wildman–Crippen MR) is 104 cm³/mol. The number of aryl methyl sites for hydroxylation is 1. The maximum absolute atomic E-state index is 6.33. The lowest BCUT2D eigenvalue weighted by Gasteiger charge is -2.17. The van der Waals surface area contributed by atoms with E-state index in [4.69, 9.17) is 21.6 Å². The Hall–Kier alpha value is -2.50. The number of fused-ring (bicyclic) bond motifs is 3. The molecule has 0 saturated heterocycles. The molecule has 3 aromatic rings. The first-order valence-corrected chi connectivity index (χ1v) is 8.90. The van der Waals surface area contributed by atoms with E-state index in [1.165, 1.54) is 5.69 Å². The summed E-state index contributed by atoms with van der Waals surface area (Å²) in [4.78, 5) is 16.3. The first-order chi connectivity index (χ1) is 12.5. The van der Waals surface area contributed by atoms with Crippen molar-refractivity contribution in [3.63, 3.8) is 0 Å². The van der Waals surface area contributed by atoms with Crippen LogP contribution in [0.5, 0.6) is 0 Å². The third-order valence-electron chi connectivity index (χ3n) is 4.45. The Kier molecular flexibility index (Phi) is 4.34. The number of nitrogens with zero attached hydrogens (tertiary/aromatic N) is 5. The van der Waals surface area contributed by atoms with E-state index in [9.17, 15) is 0 Å². The van der Waals surface area contributed by atoms with Crippen LogP contribution in [0, 0.1) is 6.92 Å². The van der Waals surface area contributed by atoms with Crippen LogP contribution in [0.4, 0.5) is 0 Å². The summed E-state index contributed by atoms with van der Waals surface area (Å²) in [5.41, 5.74) is 5.92. The molecule has 1 aliphatic heterocycles. The van der Waals surface area contributed by atoms with Gasteiger partial charge in [0.25, 0.3) is 0 Å². The highest BCUT2D eigenvalue weighted by Crippen LogP contribution is 2.30. The standard InChI is InChI=1S/C20H20ClN5/c1-13-18(12-25(2)3)26-17-8-7-14(21)10-15(17)20(23-11-19(26)24-13)16-6-4-5-9-22-16/h4-10H,11-12H2,1-3H3. The fourth-order valence-corrected chi connectivity index (χ4v) is 3.52. The van der Waals surface area contributed by atoms with Gasteiger partial charge in [0.1, 0.15) is 5.82 Å². The molecule has 6 heteroatoms. The number of hydrogen-bond donors (Lipinski definition) is 0. The predicted octanol–water partition coefficient (Wildman–Crippen LogP) is 3.64. The molecule has 0 spiro atoms. The molecule has 0 unspecified atom stereocenters. The highest BCUT2D eigenvalue weighted by atomic mass is 35.5. The third kappa shape index (κ3) is 2.93. The van der Waals surface area contributed by atoms with Gasteiger partial charge in [0.2, 0.25) is 0 Å². The maximum atomic E-state index is 6.33. The quantitative estimate of drug-likeness (QED) is 0.711. The number of pyridine rings is 1. The zero-order chi connectivity index (χ0) is 18.3. The zero-order valence-electron chi connectivity index (χ0n) is 15.1. The van der Waals surface area contributed by atoms with E-state index in [-0.39, 0.29) is 0 Å². The Morgan fingerprint density at radius 1 is 1.19 bits per heavy atom. The van der Waals surface area contributed by atoms with Crippen molar-refractivity contribution in [3.8, 4) is 5.69 Å². The summed E-state index contributed by atoms with van der Waals surface area (Å²) in [6.45, 7) is 3.37. The summed E-state index contributed by atoms with van der Waals surface area (Å²) in [6.07, 6.45) is 1.78. The van der Waals surface area contributed by atoms with Crippen molar-refractivity contribution in [2.45, 2.75) is 20.0 Å². The fourth-order valence-electron chi connectivity index (χ4n) is 3.35. The second-order valence-electron chi connectivity index (χ2n) is 6.67. The average molecular weight is 366 g/mol. The minimum absolute atomic E-state index is 0.506. The van der Waals surface area contributed by atoms with E-state index in [0.29, 0.717) is 11.6 Å². The van der Waals surface area contributed by atoms with E-state index < -0.39 is 0 Å². The van der Waals surface area contributed by atoms with Gasteiger partial charge in [0, 0.05) is 23.3 Å². The number of halogens is 1. The summed E-state index contributed by atoms with van der Waals surface area (Å²) in [5, 5.41) is 0.682. The van der Waals surface area contributed by atoms with Gasteiger partial charge in [0.05, 0.1) is 35.0 Å². The van der Waals surface area contributed by atoms with Crippen molar-refractivity contribution >= 4 is 17.3 Å². The summed E-state index contributed by atoms with van der Waals surface area (Å²) >= 11 is 6.33. The van der Waals surface area contributed by atoms with Crippen LogP contribution in [-0.2, 0) is 13.1 Å². The largest absolute Gasteiger partial charge is 0.304 e. The van der Waals surface area contributed by atoms with Gasteiger partial charge in [-0.1, -0.05) is 17.7 Å². The molecule has 3 heterocycles. The number of rotatable bonds is 3. The van der Waals surface area contributed by atoms with Crippen LogP contribution >= 0.6 is 11.6 Å². The van der Waals surface area contributed by atoms with Gasteiger partial charge in [-0.05, 0) is 51.4 Å². The second kappa shape index (κ2) is 6.67. The lowest BCUT2D eigenvalue weighted by atomic mass is 10.0. The zero-order valence-corrected chi connectivity index (χ0v) is 15.8. The van der Waals surface area contributed by atoms with Crippen molar-refractivity contribution in [2.75, 3.05) is 14.1 Å². The van der Waals surface area contributed by atoms with E-state index in [0.717, 1.165) is 40.7 Å². The normalized spacial score (nSPS) is 13.2. The molecule has 5 nitrogen and oxygen atoms in total. The topological polar surface area (TPSA) is 46.3 Å². The van der Waals surface area contributed by atoms with Crippen molar-refractivity contribution in [3.05, 3.63) is 76.1 Å². The van der Waals surface area contributed by atoms with Gasteiger partial charge >= 0.3 is 0 Å². The van der Waals surface area contributed by atoms with Crippen molar-refractivity contribution in [1.29, 1.82) is 0 Å². The molecule has 2 aromatic heterocycles. The molecule has 0 N–H and O–H groups in total. The molecule has 0 radical (unpaired) electrons. The first-order valence-electron chi connectivity index (χ1n) is 8.52. The highest BCUT2D eigenvalue weighted by molar-refractivity contribution is 6.31. The van der Waals surface area contributed by atoms with Crippen LogP contribution in [0.1, 0.15) is 28.5 Å². The van der Waals surface area contributed by atoms with Gasteiger partial charge < -0.3 is 4.90 Å². The molecular weight excluding hydrogens is 346 g/mol. The molecule has 0 amide bonds. The maximum Gasteiger partial charge on any atom is 0.135 e. The Bertz CT molecular complexity index is 989.